The lowest BCUT2D eigenvalue weighted by Crippen LogP contribution is -2.17. The molecule has 0 bridgehead atoms. The molecule has 0 spiro atoms. The number of nitrogen functional groups attached to an aromatic ring is 1. The number of rotatable bonds is 0. The zero-order valence-corrected chi connectivity index (χ0v) is 6.43. The second-order valence-corrected chi connectivity index (χ2v) is 2.44. The Kier molecular flexibility index (Phi) is 1.18. The van der Waals surface area contributed by atoms with Crippen LogP contribution in [0.1, 0.15) is 0 Å². The molecule has 0 radical (unpaired) electrons. The molecule has 0 amide bonds. The number of nitrogens with zero attached hydrogens (tertiary/aromatic N) is 4. The fourth-order valence-electron chi connectivity index (χ4n) is 1.04. The summed E-state index contributed by atoms with van der Waals surface area (Å²) in [5.74, 6) is 0.651. The first-order valence-electron chi connectivity index (χ1n) is 3.35. The van der Waals surface area contributed by atoms with Gasteiger partial charge in [-0.1, -0.05) is 0 Å². The van der Waals surface area contributed by atoms with Gasteiger partial charge < -0.3 is 10.3 Å². The molecule has 0 unspecified atom stereocenters. The van der Waals surface area contributed by atoms with Crippen LogP contribution in [0.4, 0.5) is 5.95 Å². The molecule has 0 fully saturated rings. The predicted molar refractivity (Wildman–Crippen MR) is 42.6 cm³/mol. The van der Waals surface area contributed by atoms with Crippen LogP contribution in [0.3, 0.4) is 0 Å². The third-order valence-electron chi connectivity index (χ3n) is 1.62. The molecular formula is C6H7N5O. The topological polar surface area (TPSA) is 78.2 Å². The van der Waals surface area contributed by atoms with E-state index in [1.165, 1.54) is 0 Å². The molecule has 0 aliphatic rings. The lowest BCUT2D eigenvalue weighted by Gasteiger charge is -1.96. The number of hydrogen-bond donors (Lipinski definition) is 1. The van der Waals surface area contributed by atoms with Gasteiger partial charge in [-0.15, -0.1) is 0 Å². The van der Waals surface area contributed by atoms with Crippen molar-refractivity contribution in [3.63, 3.8) is 0 Å². The summed E-state index contributed by atoms with van der Waals surface area (Å²) in [6.45, 7) is 0. The SMILES string of the molecule is Cn1ccn2c(N)nc(=O)nc12. The zero-order chi connectivity index (χ0) is 8.72. The van der Waals surface area contributed by atoms with Crippen molar-refractivity contribution >= 4 is 11.7 Å². The van der Waals surface area contributed by atoms with Crippen LogP contribution in [0.2, 0.25) is 0 Å². The predicted octanol–water partition coefficient (Wildman–Crippen LogP) is -0.990. The van der Waals surface area contributed by atoms with Gasteiger partial charge >= 0.3 is 5.69 Å². The van der Waals surface area contributed by atoms with Gasteiger partial charge in [0.15, 0.2) is 0 Å². The van der Waals surface area contributed by atoms with Gasteiger partial charge in [-0.2, -0.15) is 9.97 Å². The highest BCUT2D eigenvalue weighted by Crippen LogP contribution is 2.00. The standard InChI is InChI=1S/C6H7N5O/c1-10-2-3-11-4(7)8-5(12)9-6(10)11/h2-3H,1H3,(H2,7,8,12). The minimum Gasteiger partial charge on any atom is -0.369 e. The van der Waals surface area contributed by atoms with Crippen LogP contribution in [0.5, 0.6) is 0 Å². The molecule has 6 nitrogen and oxygen atoms in total. The average Bonchev–Trinajstić information content (AvgIpc) is 2.33. The van der Waals surface area contributed by atoms with Crippen LogP contribution in [-0.4, -0.2) is 18.9 Å². The van der Waals surface area contributed by atoms with Gasteiger partial charge in [-0.25, -0.2) is 4.79 Å². The normalized spacial score (nSPS) is 10.8. The Labute approximate surface area is 67.3 Å². The second kappa shape index (κ2) is 2.07. The molecule has 0 saturated heterocycles. The van der Waals surface area contributed by atoms with Crippen molar-refractivity contribution in [2.24, 2.45) is 7.05 Å². The monoisotopic (exact) mass is 165 g/mol. The van der Waals surface area contributed by atoms with Crippen LogP contribution < -0.4 is 11.4 Å². The molecule has 62 valence electrons. The maximum absolute atomic E-state index is 10.8. The third kappa shape index (κ3) is 0.777. The van der Waals surface area contributed by atoms with E-state index in [4.69, 9.17) is 5.73 Å². The average molecular weight is 165 g/mol. The van der Waals surface area contributed by atoms with Crippen LogP contribution in [0.15, 0.2) is 17.2 Å². The molecule has 6 heteroatoms. The molecule has 12 heavy (non-hydrogen) atoms. The van der Waals surface area contributed by atoms with Crippen molar-refractivity contribution in [3.05, 3.63) is 22.9 Å². The molecule has 2 aromatic rings. The van der Waals surface area contributed by atoms with E-state index in [-0.39, 0.29) is 5.95 Å². The van der Waals surface area contributed by atoms with E-state index in [0.29, 0.717) is 5.78 Å². The van der Waals surface area contributed by atoms with Gasteiger partial charge in [-0.3, -0.25) is 4.40 Å². The summed E-state index contributed by atoms with van der Waals surface area (Å²) in [5.41, 5.74) is 4.91. The summed E-state index contributed by atoms with van der Waals surface area (Å²) in [5, 5.41) is 0. The van der Waals surface area contributed by atoms with E-state index >= 15 is 0 Å². The van der Waals surface area contributed by atoms with Gasteiger partial charge in [0.25, 0.3) is 0 Å². The Balaban J connectivity index is 3.02. The molecule has 2 N–H and O–H groups in total. The Bertz CT molecular complexity index is 482. The number of aryl methyl sites for hydroxylation is 1. The number of hydrogen-bond acceptors (Lipinski definition) is 4. The fraction of sp³-hybridized carbons (Fsp3) is 0.167. The molecule has 0 aliphatic heterocycles. The van der Waals surface area contributed by atoms with E-state index < -0.39 is 5.69 Å². The van der Waals surface area contributed by atoms with E-state index in [1.54, 1.807) is 28.4 Å². The lowest BCUT2D eigenvalue weighted by atomic mass is 10.8. The minimum absolute atomic E-state index is 0.158. The van der Waals surface area contributed by atoms with Crippen molar-refractivity contribution in [1.82, 2.24) is 18.9 Å². The summed E-state index contributed by atoms with van der Waals surface area (Å²) in [7, 11) is 1.78. The lowest BCUT2D eigenvalue weighted by molar-refractivity contribution is 0.890. The fourth-order valence-corrected chi connectivity index (χ4v) is 1.04. The maximum atomic E-state index is 10.8. The van der Waals surface area contributed by atoms with E-state index in [2.05, 4.69) is 9.97 Å². The highest BCUT2D eigenvalue weighted by atomic mass is 16.1. The van der Waals surface area contributed by atoms with Crippen LogP contribution >= 0.6 is 0 Å². The van der Waals surface area contributed by atoms with E-state index in [1.807, 2.05) is 0 Å². The van der Waals surface area contributed by atoms with E-state index in [9.17, 15) is 4.79 Å². The first-order chi connectivity index (χ1) is 5.68. The largest absolute Gasteiger partial charge is 0.373 e. The Morgan fingerprint density at radius 3 is 2.92 bits per heavy atom. The Morgan fingerprint density at radius 1 is 1.42 bits per heavy atom. The van der Waals surface area contributed by atoms with Gasteiger partial charge in [-0.05, 0) is 0 Å². The van der Waals surface area contributed by atoms with Crippen molar-refractivity contribution in [2.45, 2.75) is 0 Å². The van der Waals surface area contributed by atoms with Crippen molar-refractivity contribution in [3.8, 4) is 0 Å². The molecule has 0 saturated carbocycles. The third-order valence-corrected chi connectivity index (χ3v) is 1.62. The first-order valence-corrected chi connectivity index (χ1v) is 3.35. The second-order valence-electron chi connectivity index (χ2n) is 2.44. The molecule has 2 rings (SSSR count). The number of fused-ring (bicyclic) bond motifs is 1. The number of anilines is 1. The summed E-state index contributed by atoms with van der Waals surface area (Å²) in [6, 6.07) is 0. The van der Waals surface area contributed by atoms with Gasteiger partial charge in [0.1, 0.15) is 0 Å². The maximum Gasteiger partial charge on any atom is 0.373 e. The minimum atomic E-state index is -0.561. The summed E-state index contributed by atoms with van der Waals surface area (Å²) >= 11 is 0. The number of imidazole rings is 1. The highest BCUT2D eigenvalue weighted by molar-refractivity contribution is 5.35. The van der Waals surface area contributed by atoms with Crippen LogP contribution in [0.25, 0.3) is 5.78 Å². The first kappa shape index (κ1) is 6.84. The highest BCUT2D eigenvalue weighted by Gasteiger charge is 2.02. The van der Waals surface area contributed by atoms with Gasteiger partial charge in [0.2, 0.25) is 11.7 Å². The summed E-state index contributed by atoms with van der Waals surface area (Å²) in [4.78, 5) is 18.0. The zero-order valence-electron chi connectivity index (χ0n) is 6.43. The van der Waals surface area contributed by atoms with Crippen molar-refractivity contribution in [1.29, 1.82) is 0 Å². The van der Waals surface area contributed by atoms with Crippen LogP contribution in [0, 0.1) is 0 Å². The van der Waals surface area contributed by atoms with Gasteiger partial charge in [0, 0.05) is 19.4 Å². The van der Waals surface area contributed by atoms with Crippen molar-refractivity contribution < 1.29 is 0 Å². The van der Waals surface area contributed by atoms with Crippen LogP contribution in [-0.2, 0) is 7.05 Å². The molecule has 0 aliphatic carbocycles. The summed E-state index contributed by atoms with van der Waals surface area (Å²) < 4.78 is 3.24. The van der Waals surface area contributed by atoms with Gasteiger partial charge in [0.05, 0.1) is 0 Å². The molecule has 2 aromatic heterocycles. The Hall–Kier alpha value is -1.85. The smallest absolute Gasteiger partial charge is 0.369 e. The van der Waals surface area contributed by atoms with E-state index in [0.717, 1.165) is 0 Å². The number of aromatic nitrogens is 4. The Morgan fingerprint density at radius 2 is 2.17 bits per heavy atom. The summed E-state index contributed by atoms with van der Waals surface area (Å²) in [6.07, 6.45) is 3.45. The molecule has 2 heterocycles. The molecule has 0 aromatic carbocycles. The number of nitrogens with two attached hydrogens (primary N) is 1. The quantitative estimate of drug-likeness (QED) is 0.543. The molecule has 0 atom stereocenters. The molecular weight excluding hydrogens is 158 g/mol. The van der Waals surface area contributed by atoms with Crippen molar-refractivity contribution in [2.75, 3.05) is 5.73 Å².